The number of aromatic nitrogens is 1. The molecule has 0 radical (unpaired) electrons. The number of amides is 1. The van der Waals surface area contributed by atoms with Gasteiger partial charge in [-0.15, -0.1) is 0 Å². The molecule has 7 heteroatoms. The highest BCUT2D eigenvalue weighted by molar-refractivity contribution is 7.07. The highest BCUT2D eigenvalue weighted by Gasteiger charge is 2.26. The van der Waals surface area contributed by atoms with Crippen LogP contribution < -0.4 is 4.74 Å². The number of benzene rings is 2. The Morgan fingerprint density at radius 3 is 2.80 bits per heavy atom. The van der Waals surface area contributed by atoms with E-state index in [1.165, 1.54) is 5.56 Å². The Hall–Kier alpha value is -3.42. The van der Waals surface area contributed by atoms with E-state index in [2.05, 4.69) is 22.0 Å². The van der Waals surface area contributed by atoms with Gasteiger partial charge < -0.3 is 18.9 Å². The average Bonchev–Trinajstić information content (AvgIpc) is 3.67. The molecule has 180 valence electrons. The lowest BCUT2D eigenvalue weighted by atomic mass is 10.1. The summed E-state index contributed by atoms with van der Waals surface area (Å²) in [5.41, 5.74) is 3.83. The number of hydrogen-bond acceptors (Lipinski definition) is 6. The predicted octanol–water partition coefficient (Wildman–Crippen LogP) is 5.85. The van der Waals surface area contributed by atoms with E-state index in [1.807, 2.05) is 54.6 Å². The number of ether oxygens (including phenoxy) is 2. The SMILES string of the molecule is O=C(c1cc(-c2ccccc2)no1)N(Cc1cccc(OCCc2ccsc2)c1)CC1CCCO1. The zero-order valence-corrected chi connectivity index (χ0v) is 20.3. The Balaban J connectivity index is 1.29. The standard InChI is InChI=1S/C28H28N2O4S/c31-28(27-17-26(29-34-27)23-7-2-1-3-8-23)30(19-25-10-5-13-32-25)18-22-6-4-9-24(16-22)33-14-11-21-12-15-35-20-21/h1-4,6-9,12,15-17,20,25H,5,10-11,13-14,18-19H2. The molecule has 35 heavy (non-hydrogen) atoms. The van der Waals surface area contributed by atoms with E-state index >= 15 is 0 Å². The topological polar surface area (TPSA) is 64.8 Å². The zero-order chi connectivity index (χ0) is 23.9. The van der Waals surface area contributed by atoms with Crippen molar-refractivity contribution < 1.29 is 18.8 Å². The van der Waals surface area contributed by atoms with Crippen molar-refractivity contribution in [2.45, 2.75) is 31.9 Å². The molecule has 0 bridgehead atoms. The smallest absolute Gasteiger partial charge is 0.292 e. The molecule has 0 spiro atoms. The summed E-state index contributed by atoms with van der Waals surface area (Å²) in [4.78, 5) is 15.3. The Morgan fingerprint density at radius 2 is 2.00 bits per heavy atom. The lowest BCUT2D eigenvalue weighted by molar-refractivity contribution is 0.0477. The third-order valence-corrected chi connectivity index (χ3v) is 6.77. The molecule has 0 aliphatic carbocycles. The molecule has 5 rings (SSSR count). The summed E-state index contributed by atoms with van der Waals surface area (Å²) >= 11 is 1.69. The lowest BCUT2D eigenvalue weighted by Crippen LogP contribution is -2.36. The molecule has 6 nitrogen and oxygen atoms in total. The second-order valence-corrected chi connectivity index (χ2v) is 9.42. The highest BCUT2D eigenvalue weighted by Crippen LogP contribution is 2.23. The van der Waals surface area contributed by atoms with E-state index < -0.39 is 0 Å². The van der Waals surface area contributed by atoms with Gasteiger partial charge in [-0.05, 0) is 52.9 Å². The molecule has 1 aliphatic rings. The van der Waals surface area contributed by atoms with Crippen LogP contribution in [-0.4, -0.2) is 41.8 Å². The fourth-order valence-electron chi connectivity index (χ4n) is 4.21. The van der Waals surface area contributed by atoms with Crippen LogP contribution in [0.5, 0.6) is 5.75 Å². The Kier molecular flexibility index (Phi) is 7.56. The third-order valence-electron chi connectivity index (χ3n) is 6.04. The second kappa shape index (κ2) is 11.3. The Morgan fingerprint density at radius 1 is 1.09 bits per heavy atom. The van der Waals surface area contributed by atoms with Crippen LogP contribution in [0, 0.1) is 0 Å². The van der Waals surface area contributed by atoms with Gasteiger partial charge in [0.15, 0.2) is 0 Å². The van der Waals surface area contributed by atoms with Gasteiger partial charge in [0, 0.05) is 37.7 Å². The van der Waals surface area contributed by atoms with Crippen LogP contribution in [-0.2, 0) is 17.7 Å². The molecular formula is C28H28N2O4S. The van der Waals surface area contributed by atoms with Crippen LogP contribution in [0.25, 0.3) is 11.3 Å². The normalized spacial score (nSPS) is 15.3. The van der Waals surface area contributed by atoms with Gasteiger partial charge in [0.2, 0.25) is 5.76 Å². The van der Waals surface area contributed by atoms with Crippen LogP contribution in [0.3, 0.4) is 0 Å². The van der Waals surface area contributed by atoms with Gasteiger partial charge >= 0.3 is 0 Å². The minimum Gasteiger partial charge on any atom is -0.493 e. The predicted molar refractivity (Wildman–Crippen MR) is 136 cm³/mol. The molecular weight excluding hydrogens is 460 g/mol. The maximum atomic E-state index is 13.5. The van der Waals surface area contributed by atoms with Gasteiger partial charge in [0.1, 0.15) is 11.4 Å². The van der Waals surface area contributed by atoms with Gasteiger partial charge in [0.25, 0.3) is 5.91 Å². The van der Waals surface area contributed by atoms with Crippen molar-refractivity contribution in [1.82, 2.24) is 10.1 Å². The second-order valence-electron chi connectivity index (χ2n) is 8.64. The lowest BCUT2D eigenvalue weighted by Gasteiger charge is -2.24. The van der Waals surface area contributed by atoms with Gasteiger partial charge in [0.05, 0.1) is 12.7 Å². The van der Waals surface area contributed by atoms with Crippen molar-refractivity contribution in [3.63, 3.8) is 0 Å². The molecule has 3 heterocycles. The first-order valence-corrected chi connectivity index (χ1v) is 12.8. The van der Waals surface area contributed by atoms with Gasteiger partial charge in [-0.2, -0.15) is 11.3 Å². The average molecular weight is 489 g/mol. The van der Waals surface area contributed by atoms with Crippen molar-refractivity contribution >= 4 is 17.2 Å². The van der Waals surface area contributed by atoms with Crippen molar-refractivity contribution in [2.24, 2.45) is 0 Å². The molecule has 4 aromatic rings. The maximum absolute atomic E-state index is 13.5. The number of carbonyl (C=O) groups is 1. The molecule has 0 N–H and O–H groups in total. The van der Waals surface area contributed by atoms with Crippen LogP contribution >= 0.6 is 11.3 Å². The molecule has 1 saturated heterocycles. The molecule has 0 saturated carbocycles. The summed E-state index contributed by atoms with van der Waals surface area (Å²) in [6.45, 7) is 2.28. The van der Waals surface area contributed by atoms with Gasteiger partial charge in [-0.25, -0.2) is 0 Å². The third kappa shape index (κ3) is 6.18. The fourth-order valence-corrected chi connectivity index (χ4v) is 4.91. The van der Waals surface area contributed by atoms with E-state index in [1.54, 1.807) is 22.3 Å². The molecule has 2 aromatic carbocycles. The van der Waals surface area contributed by atoms with Crippen LogP contribution in [0.15, 0.2) is 82.0 Å². The first kappa shape index (κ1) is 23.3. The summed E-state index contributed by atoms with van der Waals surface area (Å²) in [7, 11) is 0. The monoisotopic (exact) mass is 488 g/mol. The quantitative estimate of drug-likeness (QED) is 0.280. The van der Waals surface area contributed by atoms with Gasteiger partial charge in [-0.1, -0.05) is 47.6 Å². The molecule has 1 unspecified atom stereocenters. The first-order valence-electron chi connectivity index (χ1n) is 11.9. The van der Waals surface area contributed by atoms with Crippen LogP contribution in [0.1, 0.15) is 34.5 Å². The minimum absolute atomic E-state index is 0.0282. The summed E-state index contributed by atoms with van der Waals surface area (Å²) in [5, 5.41) is 8.34. The van der Waals surface area contributed by atoms with Crippen molar-refractivity contribution in [2.75, 3.05) is 19.8 Å². The van der Waals surface area contributed by atoms with E-state index in [9.17, 15) is 4.79 Å². The molecule has 1 aliphatic heterocycles. The van der Waals surface area contributed by atoms with Crippen molar-refractivity contribution in [3.8, 4) is 17.0 Å². The van der Waals surface area contributed by atoms with Crippen LogP contribution in [0.2, 0.25) is 0 Å². The number of hydrogen-bond donors (Lipinski definition) is 0. The Labute approximate surface area is 209 Å². The molecule has 1 atom stereocenters. The first-order chi connectivity index (χ1) is 17.2. The number of thiophene rings is 1. The summed E-state index contributed by atoms with van der Waals surface area (Å²) in [5.74, 6) is 0.831. The molecule has 2 aromatic heterocycles. The number of carbonyl (C=O) groups excluding carboxylic acids is 1. The fraction of sp³-hybridized carbons (Fsp3) is 0.286. The van der Waals surface area contributed by atoms with E-state index in [0.29, 0.717) is 25.4 Å². The molecule has 1 fully saturated rings. The van der Waals surface area contributed by atoms with E-state index in [0.717, 1.165) is 42.7 Å². The zero-order valence-electron chi connectivity index (χ0n) is 19.5. The number of rotatable bonds is 10. The largest absolute Gasteiger partial charge is 0.493 e. The highest BCUT2D eigenvalue weighted by atomic mass is 32.1. The van der Waals surface area contributed by atoms with Crippen LogP contribution in [0.4, 0.5) is 0 Å². The maximum Gasteiger partial charge on any atom is 0.292 e. The van der Waals surface area contributed by atoms with Crippen molar-refractivity contribution in [3.05, 3.63) is 94.4 Å². The number of nitrogens with zero attached hydrogens (tertiary/aromatic N) is 2. The summed E-state index contributed by atoms with van der Waals surface area (Å²) in [6.07, 6.45) is 2.86. The van der Waals surface area contributed by atoms with Gasteiger partial charge in [-0.3, -0.25) is 4.79 Å². The Bertz CT molecular complexity index is 1220. The van der Waals surface area contributed by atoms with Crippen molar-refractivity contribution in [1.29, 1.82) is 0 Å². The van der Waals surface area contributed by atoms with E-state index in [4.69, 9.17) is 14.0 Å². The summed E-state index contributed by atoms with van der Waals surface area (Å²) < 4.78 is 17.3. The van der Waals surface area contributed by atoms with E-state index in [-0.39, 0.29) is 17.8 Å². The minimum atomic E-state index is -0.195. The molecule has 1 amide bonds. The summed E-state index contributed by atoms with van der Waals surface area (Å²) in [6, 6.07) is 21.5.